The van der Waals surface area contributed by atoms with E-state index in [9.17, 15) is 14.4 Å². The molecule has 1 heterocycles. The molecule has 2 N–H and O–H groups in total. The third-order valence-electron chi connectivity index (χ3n) is 4.70. The molecule has 142 valence electrons. The lowest BCUT2D eigenvalue weighted by Gasteiger charge is -2.33. The molecule has 26 heavy (non-hydrogen) atoms. The number of carbonyl (C=O) groups excluding carboxylic acids is 3. The third kappa shape index (κ3) is 4.62. The van der Waals surface area contributed by atoms with Gasteiger partial charge in [0.05, 0.1) is 0 Å². The highest BCUT2D eigenvalue weighted by Crippen LogP contribution is 2.25. The fourth-order valence-electron chi connectivity index (χ4n) is 3.18. The molecule has 0 aromatic heterocycles. The van der Waals surface area contributed by atoms with Crippen LogP contribution in [-0.2, 0) is 9.59 Å². The zero-order chi connectivity index (χ0) is 19.5. The number of hydrogen-bond acceptors (Lipinski definition) is 3. The normalized spacial score (nSPS) is 15.5. The molecule has 1 aromatic carbocycles. The minimum Gasteiger partial charge on any atom is -0.341 e. The number of hydrogen-bond donors (Lipinski definition) is 2. The van der Waals surface area contributed by atoms with Crippen LogP contribution in [0.25, 0.3) is 0 Å². The highest BCUT2D eigenvalue weighted by molar-refractivity contribution is 6.01. The number of benzene rings is 1. The second-order valence-corrected chi connectivity index (χ2v) is 7.96. The van der Waals surface area contributed by atoms with Gasteiger partial charge in [0.2, 0.25) is 11.8 Å². The maximum Gasteiger partial charge on any atom is 0.252 e. The van der Waals surface area contributed by atoms with Crippen LogP contribution in [0.2, 0.25) is 0 Å². The number of carbonyl (C=O) groups is 3. The molecule has 2 rings (SSSR count). The van der Waals surface area contributed by atoms with E-state index in [1.165, 1.54) is 6.92 Å². The number of nitrogens with one attached hydrogen (secondary N) is 2. The number of rotatable bonds is 4. The number of likely N-dealkylation sites (tertiary alicyclic amines) is 1. The highest BCUT2D eigenvalue weighted by Gasteiger charge is 2.36. The van der Waals surface area contributed by atoms with Gasteiger partial charge in [0, 0.05) is 31.3 Å². The van der Waals surface area contributed by atoms with E-state index in [0.29, 0.717) is 16.8 Å². The molecular formula is C20H29N3O3. The van der Waals surface area contributed by atoms with Gasteiger partial charge in [0.1, 0.15) is 6.04 Å². The molecule has 6 heteroatoms. The Kier molecular flexibility index (Phi) is 6.05. The molecule has 1 atom stereocenters. The first-order chi connectivity index (χ1) is 12.1. The lowest BCUT2D eigenvalue weighted by Crippen LogP contribution is -2.54. The average Bonchev–Trinajstić information content (AvgIpc) is 3.06. The summed E-state index contributed by atoms with van der Waals surface area (Å²) in [6, 6.07) is 4.58. The van der Waals surface area contributed by atoms with Gasteiger partial charge in [-0.2, -0.15) is 0 Å². The molecule has 0 bridgehead atoms. The van der Waals surface area contributed by atoms with E-state index in [4.69, 9.17) is 0 Å². The Morgan fingerprint density at radius 1 is 1.12 bits per heavy atom. The smallest absolute Gasteiger partial charge is 0.252 e. The van der Waals surface area contributed by atoms with Gasteiger partial charge in [-0.15, -0.1) is 0 Å². The predicted octanol–water partition coefficient (Wildman–Crippen LogP) is 2.72. The van der Waals surface area contributed by atoms with Crippen molar-refractivity contribution in [1.29, 1.82) is 0 Å². The van der Waals surface area contributed by atoms with Gasteiger partial charge >= 0.3 is 0 Å². The Morgan fingerprint density at radius 2 is 1.73 bits per heavy atom. The van der Waals surface area contributed by atoms with Crippen molar-refractivity contribution in [2.24, 2.45) is 5.41 Å². The largest absolute Gasteiger partial charge is 0.341 e. The molecular weight excluding hydrogens is 330 g/mol. The van der Waals surface area contributed by atoms with E-state index in [0.717, 1.165) is 25.9 Å². The number of nitrogens with zero attached hydrogens (tertiary/aromatic N) is 1. The summed E-state index contributed by atoms with van der Waals surface area (Å²) in [5.74, 6) is -0.524. The Morgan fingerprint density at radius 3 is 2.27 bits per heavy atom. The Hall–Kier alpha value is -2.37. The maximum atomic E-state index is 12.9. The fraction of sp³-hybridized carbons (Fsp3) is 0.550. The van der Waals surface area contributed by atoms with E-state index < -0.39 is 11.5 Å². The zero-order valence-corrected chi connectivity index (χ0v) is 16.3. The quantitative estimate of drug-likeness (QED) is 0.868. The predicted molar refractivity (Wildman–Crippen MR) is 102 cm³/mol. The van der Waals surface area contributed by atoms with Crippen molar-refractivity contribution >= 4 is 23.4 Å². The van der Waals surface area contributed by atoms with Crippen molar-refractivity contribution in [2.75, 3.05) is 18.4 Å². The SMILES string of the molecule is CC(=O)Nc1cccc(C(=O)N[C@H](C(=O)N2CCCC2)C(C)(C)C)c1C. The number of amides is 3. The van der Waals surface area contributed by atoms with Gasteiger partial charge < -0.3 is 15.5 Å². The van der Waals surface area contributed by atoms with E-state index in [1.54, 1.807) is 25.1 Å². The molecule has 6 nitrogen and oxygen atoms in total. The highest BCUT2D eigenvalue weighted by atomic mass is 16.2. The molecule has 1 fully saturated rings. The van der Waals surface area contributed by atoms with Crippen molar-refractivity contribution < 1.29 is 14.4 Å². The van der Waals surface area contributed by atoms with Crippen molar-refractivity contribution in [3.8, 4) is 0 Å². The molecule has 0 unspecified atom stereocenters. The molecule has 1 aliphatic rings. The molecule has 1 saturated heterocycles. The second-order valence-electron chi connectivity index (χ2n) is 7.96. The van der Waals surface area contributed by atoms with E-state index in [1.807, 2.05) is 25.7 Å². The van der Waals surface area contributed by atoms with Crippen LogP contribution in [0.3, 0.4) is 0 Å². The molecule has 1 aromatic rings. The van der Waals surface area contributed by atoms with E-state index in [-0.39, 0.29) is 17.7 Å². The van der Waals surface area contributed by atoms with Crippen molar-refractivity contribution in [3.05, 3.63) is 29.3 Å². The van der Waals surface area contributed by atoms with E-state index in [2.05, 4.69) is 10.6 Å². The minimum atomic E-state index is -0.600. The molecule has 0 radical (unpaired) electrons. The standard InChI is InChI=1S/C20H29N3O3/c1-13-15(9-8-10-16(13)21-14(2)24)18(25)22-17(20(3,4)5)19(26)23-11-6-7-12-23/h8-10,17H,6-7,11-12H2,1-5H3,(H,21,24)(H,22,25)/t17-/m1/s1. The van der Waals surface area contributed by atoms with Crippen LogP contribution in [-0.4, -0.2) is 41.8 Å². The summed E-state index contributed by atoms with van der Waals surface area (Å²) in [7, 11) is 0. The summed E-state index contributed by atoms with van der Waals surface area (Å²) in [5.41, 5.74) is 1.34. The third-order valence-corrected chi connectivity index (χ3v) is 4.70. The summed E-state index contributed by atoms with van der Waals surface area (Å²) in [5, 5.41) is 5.65. The average molecular weight is 359 g/mol. The van der Waals surface area contributed by atoms with Crippen LogP contribution < -0.4 is 10.6 Å². The van der Waals surface area contributed by atoms with Crippen LogP contribution in [0.5, 0.6) is 0 Å². The summed E-state index contributed by atoms with van der Waals surface area (Å²) >= 11 is 0. The van der Waals surface area contributed by atoms with Crippen LogP contribution in [0.1, 0.15) is 56.5 Å². The molecule has 0 saturated carbocycles. The Labute approximate surface area is 155 Å². The van der Waals surface area contributed by atoms with Gasteiger partial charge in [-0.3, -0.25) is 14.4 Å². The van der Waals surface area contributed by atoms with Crippen molar-refractivity contribution in [3.63, 3.8) is 0 Å². The molecule has 0 spiro atoms. The molecule has 1 aliphatic heterocycles. The number of anilines is 1. The van der Waals surface area contributed by atoms with Crippen molar-refractivity contribution in [2.45, 2.75) is 53.5 Å². The minimum absolute atomic E-state index is 0.0287. The van der Waals surface area contributed by atoms with Gasteiger partial charge in [0.15, 0.2) is 0 Å². The van der Waals surface area contributed by atoms with Gasteiger partial charge in [-0.25, -0.2) is 0 Å². The zero-order valence-electron chi connectivity index (χ0n) is 16.3. The van der Waals surface area contributed by atoms with Crippen LogP contribution >= 0.6 is 0 Å². The first kappa shape index (κ1) is 19.9. The van der Waals surface area contributed by atoms with Gasteiger partial charge in [0.25, 0.3) is 5.91 Å². The van der Waals surface area contributed by atoms with Gasteiger partial charge in [-0.1, -0.05) is 26.8 Å². The molecule has 0 aliphatic carbocycles. The Bertz CT molecular complexity index is 701. The second kappa shape index (κ2) is 7.89. The van der Waals surface area contributed by atoms with Crippen molar-refractivity contribution in [1.82, 2.24) is 10.2 Å². The fourth-order valence-corrected chi connectivity index (χ4v) is 3.18. The van der Waals surface area contributed by atoms with Crippen LogP contribution in [0, 0.1) is 12.3 Å². The summed E-state index contributed by atoms with van der Waals surface area (Å²) < 4.78 is 0. The summed E-state index contributed by atoms with van der Waals surface area (Å²) in [6.07, 6.45) is 2.02. The monoisotopic (exact) mass is 359 g/mol. The van der Waals surface area contributed by atoms with Crippen LogP contribution in [0.15, 0.2) is 18.2 Å². The maximum absolute atomic E-state index is 12.9. The Balaban J connectivity index is 2.24. The molecule has 3 amide bonds. The van der Waals surface area contributed by atoms with Gasteiger partial charge in [-0.05, 0) is 42.9 Å². The topological polar surface area (TPSA) is 78.5 Å². The first-order valence-corrected chi connectivity index (χ1v) is 9.08. The lowest BCUT2D eigenvalue weighted by atomic mass is 9.85. The van der Waals surface area contributed by atoms with E-state index >= 15 is 0 Å². The first-order valence-electron chi connectivity index (χ1n) is 9.08. The lowest BCUT2D eigenvalue weighted by molar-refractivity contribution is -0.134. The summed E-state index contributed by atoms with van der Waals surface area (Å²) in [6.45, 7) is 10.6. The summed E-state index contributed by atoms with van der Waals surface area (Å²) in [4.78, 5) is 39.0. The van der Waals surface area contributed by atoms with Crippen LogP contribution in [0.4, 0.5) is 5.69 Å².